The number of rotatable bonds is 3. The largest absolute Gasteiger partial charge is 0.442 e. The summed E-state index contributed by atoms with van der Waals surface area (Å²) in [5.74, 6) is 1.21. The molecule has 3 atom stereocenters. The highest BCUT2D eigenvalue weighted by molar-refractivity contribution is 5.84. The molecular formula is C16H26N2O2. The maximum Gasteiger partial charge on any atom is 0.431 e. The molecule has 2 aliphatic carbocycles. The molecule has 3 aliphatic rings. The van der Waals surface area contributed by atoms with Gasteiger partial charge < -0.3 is 4.74 Å². The predicted molar refractivity (Wildman–Crippen MR) is 78.5 cm³/mol. The van der Waals surface area contributed by atoms with Gasteiger partial charge in [0.15, 0.2) is 0 Å². The first-order chi connectivity index (χ1) is 9.29. The molecule has 0 radical (unpaired) electrons. The first-order valence-corrected chi connectivity index (χ1v) is 7.84. The quantitative estimate of drug-likeness (QED) is 0.737. The zero-order valence-corrected chi connectivity index (χ0v) is 13.3. The molecule has 4 heteroatoms. The van der Waals surface area contributed by atoms with Crippen LogP contribution in [0.4, 0.5) is 4.79 Å². The third-order valence-corrected chi connectivity index (χ3v) is 5.81. The van der Waals surface area contributed by atoms with Crippen LogP contribution in [0.3, 0.4) is 0 Å². The molecule has 3 fully saturated rings. The topological polar surface area (TPSA) is 41.9 Å². The van der Waals surface area contributed by atoms with Gasteiger partial charge in [-0.05, 0) is 49.9 Å². The van der Waals surface area contributed by atoms with E-state index in [0.717, 1.165) is 25.0 Å². The Morgan fingerprint density at radius 3 is 2.80 bits per heavy atom. The van der Waals surface area contributed by atoms with Crippen molar-refractivity contribution in [3.05, 3.63) is 0 Å². The molecule has 2 bridgehead atoms. The lowest BCUT2D eigenvalue weighted by Crippen LogP contribution is -2.53. The van der Waals surface area contributed by atoms with E-state index in [1.807, 2.05) is 6.92 Å². The van der Waals surface area contributed by atoms with E-state index in [0.29, 0.717) is 11.8 Å². The van der Waals surface area contributed by atoms with Crippen molar-refractivity contribution >= 4 is 11.8 Å². The summed E-state index contributed by atoms with van der Waals surface area (Å²) in [5.41, 5.74) is 0.927. The van der Waals surface area contributed by atoms with Crippen LogP contribution < -0.4 is 0 Å². The molecule has 4 nitrogen and oxygen atoms in total. The molecule has 2 saturated carbocycles. The molecule has 112 valence electrons. The monoisotopic (exact) mass is 278 g/mol. The van der Waals surface area contributed by atoms with Gasteiger partial charge in [-0.15, -0.1) is 0 Å². The van der Waals surface area contributed by atoms with Gasteiger partial charge in [-0.2, -0.15) is 10.1 Å². The van der Waals surface area contributed by atoms with E-state index in [1.54, 1.807) is 5.01 Å². The normalized spacial score (nSPS) is 38.6. The van der Waals surface area contributed by atoms with Crippen LogP contribution in [0.15, 0.2) is 5.10 Å². The number of fused-ring (bicyclic) bond motifs is 1. The van der Waals surface area contributed by atoms with Crippen LogP contribution in [0.2, 0.25) is 0 Å². The van der Waals surface area contributed by atoms with E-state index in [2.05, 4.69) is 32.8 Å². The summed E-state index contributed by atoms with van der Waals surface area (Å²) in [6.07, 6.45) is 3.95. The average Bonchev–Trinajstić information content (AvgIpc) is 2.82. The van der Waals surface area contributed by atoms with Crippen molar-refractivity contribution in [2.24, 2.45) is 22.4 Å². The minimum atomic E-state index is -0.244. The number of ether oxygens (including phenoxy) is 1. The van der Waals surface area contributed by atoms with Gasteiger partial charge in [0, 0.05) is 5.71 Å². The molecule has 3 rings (SSSR count). The zero-order valence-electron chi connectivity index (χ0n) is 13.3. The second-order valence-electron chi connectivity index (χ2n) is 7.73. The second kappa shape index (κ2) is 4.22. The van der Waals surface area contributed by atoms with Crippen molar-refractivity contribution < 1.29 is 9.53 Å². The van der Waals surface area contributed by atoms with Crippen molar-refractivity contribution in [3.63, 3.8) is 0 Å². The number of hydrogen-bond donors (Lipinski definition) is 0. The first kappa shape index (κ1) is 13.9. The number of hydrogen-bond acceptors (Lipinski definition) is 3. The molecule has 1 spiro atoms. The molecule has 1 saturated heterocycles. The molecule has 0 aromatic heterocycles. The fourth-order valence-electron chi connectivity index (χ4n) is 4.80. The fraction of sp³-hybridized carbons (Fsp3) is 0.875. The standard InChI is InChI=1S/C16H26N2O2/c1-10(2)8-11(3)17-18-14(19)20-13-9-12-6-7-16(13,18)15(12,4)5/h10,12-13H,6-9H2,1-5H3/b17-11+/t12-,13-,16-/m1/s1. The van der Waals surface area contributed by atoms with Gasteiger partial charge in [0.2, 0.25) is 0 Å². The van der Waals surface area contributed by atoms with Crippen LogP contribution in [0.5, 0.6) is 0 Å². The van der Waals surface area contributed by atoms with Crippen LogP contribution in [-0.2, 0) is 4.74 Å². The van der Waals surface area contributed by atoms with Gasteiger partial charge in [-0.1, -0.05) is 27.7 Å². The maximum atomic E-state index is 12.3. The number of nitrogens with zero attached hydrogens (tertiary/aromatic N) is 2. The van der Waals surface area contributed by atoms with Gasteiger partial charge in [-0.3, -0.25) is 0 Å². The number of carbonyl (C=O) groups is 1. The molecule has 0 N–H and O–H groups in total. The van der Waals surface area contributed by atoms with E-state index < -0.39 is 0 Å². The zero-order chi connectivity index (χ0) is 14.7. The summed E-state index contributed by atoms with van der Waals surface area (Å²) in [6.45, 7) is 10.9. The Hall–Kier alpha value is -1.06. The second-order valence-corrected chi connectivity index (χ2v) is 7.73. The molecule has 0 unspecified atom stereocenters. The third kappa shape index (κ3) is 1.60. The SMILES string of the molecule is C/C(CC(C)C)=N\N1C(=O)O[C@@H]2C[C@H]3CC[C@]21C3(C)C. The van der Waals surface area contributed by atoms with E-state index >= 15 is 0 Å². The Labute approximate surface area is 121 Å². The highest BCUT2D eigenvalue weighted by Gasteiger charge is 2.73. The maximum absolute atomic E-state index is 12.3. The lowest BCUT2D eigenvalue weighted by Gasteiger charge is -2.39. The average molecular weight is 278 g/mol. The van der Waals surface area contributed by atoms with Crippen LogP contribution >= 0.6 is 0 Å². The molecule has 0 aromatic rings. The van der Waals surface area contributed by atoms with Crippen molar-refractivity contribution in [3.8, 4) is 0 Å². The molecular weight excluding hydrogens is 252 g/mol. The first-order valence-electron chi connectivity index (χ1n) is 7.84. The van der Waals surface area contributed by atoms with Crippen LogP contribution in [0, 0.1) is 17.3 Å². The van der Waals surface area contributed by atoms with Gasteiger partial charge in [0.25, 0.3) is 0 Å². The van der Waals surface area contributed by atoms with Gasteiger partial charge in [0.1, 0.15) is 11.6 Å². The smallest absolute Gasteiger partial charge is 0.431 e. The van der Waals surface area contributed by atoms with E-state index in [1.165, 1.54) is 6.42 Å². The number of hydrazone groups is 1. The van der Waals surface area contributed by atoms with Gasteiger partial charge in [0.05, 0.1) is 0 Å². The Morgan fingerprint density at radius 2 is 2.20 bits per heavy atom. The minimum absolute atomic E-state index is 0.0411. The van der Waals surface area contributed by atoms with Crippen molar-refractivity contribution in [2.75, 3.05) is 0 Å². The van der Waals surface area contributed by atoms with Crippen LogP contribution in [-0.4, -0.2) is 28.5 Å². The number of amides is 1. The molecule has 0 aromatic carbocycles. The summed E-state index contributed by atoms with van der Waals surface area (Å²) in [7, 11) is 0. The molecule has 1 amide bonds. The third-order valence-electron chi connectivity index (χ3n) is 5.81. The lowest BCUT2D eigenvalue weighted by atomic mass is 9.75. The summed E-state index contributed by atoms with van der Waals surface area (Å²) in [6, 6.07) is 0. The van der Waals surface area contributed by atoms with Gasteiger partial charge in [-0.25, -0.2) is 4.79 Å². The summed E-state index contributed by atoms with van der Waals surface area (Å²) in [5, 5.41) is 6.39. The van der Waals surface area contributed by atoms with Crippen molar-refractivity contribution in [1.29, 1.82) is 0 Å². The number of carbonyl (C=O) groups excluding carboxylic acids is 1. The molecule has 20 heavy (non-hydrogen) atoms. The minimum Gasteiger partial charge on any atom is -0.442 e. The molecule has 1 aliphatic heterocycles. The highest BCUT2D eigenvalue weighted by Crippen LogP contribution is 2.65. The highest BCUT2D eigenvalue weighted by atomic mass is 16.6. The summed E-state index contributed by atoms with van der Waals surface area (Å²) in [4.78, 5) is 12.3. The Balaban J connectivity index is 1.96. The van der Waals surface area contributed by atoms with E-state index in [9.17, 15) is 4.79 Å². The molecule has 1 heterocycles. The Kier molecular flexibility index (Phi) is 2.93. The van der Waals surface area contributed by atoms with Crippen molar-refractivity contribution in [2.45, 2.75) is 71.9 Å². The summed E-state index contributed by atoms with van der Waals surface area (Å²) < 4.78 is 5.64. The lowest BCUT2D eigenvalue weighted by molar-refractivity contribution is 0.0568. The van der Waals surface area contributed by atoms with E-state index in [-0.39, 0.29) is 23.2 Å². The predicted octanol–water partition coefficient (Wildman–Crippen LogP) is 3.81. The van der Waals surface area contributed by atoms with Crippen molar-refractivity contribution in [1.82, 2.24) is 5.01 Å². The fourth-order valence-corrected chi connectivity index (χ4v) is 4.80. The Morgan fingerprint density at radius 1 is 1.50 bits per heavy atom. The Bertz CT molecular complexity index is 469. The summed E-state index contributed by atoms with van der Waals surface area (Å²) >= 11 is 0. The van der Waals surface area contributed by atoms with E-state index in [4.69, 9.17) is 4.74 Å². The van der Waals surface area contributed by atoms with Crippen LogP contribution in [0.1, 0.15) is 60.3 Å². The van der Waals surface area contributed by atoms with Gasteiger partial charge >= 0.3 is 6.09 Å². The van der Waals surface area contributed by atoms with Crippen LogP contribution in [0.25, 0.3) is 0 Å².